The number of amides is 1. The maximum Gasteiger partial charge on any atom is 0.261 e. The van der Waals surface area contributed by atoms with Crippen LogP contribution >= 0.6 is 0 Å². The highest BCUT2D eigenvalue weighted by Gasteiger charge is 2.17. The number of benzene rings is 2. The van der Waals surface area contributed by atoms with Crippen LogP contribution in [-0.2, 0) is 16.4 Å². The minimum Gasteiger partial charge on any atom is -0.342 e. The Hall–Kier alpha value is -2.34. The maximum atomic E-state index is 12.6. The van der Waals surface area contributed by atoms with Crippen molar-refractivity contribution in [2.45, 2.75) is 38.0 Å². The van der Waals surface area contributed by atoms with E-state index in [-0.39, 0.29) is 10.8 Å². The van der Waals surface area contributed by atoms with Crippen LogP contribution < -0.4 is 4.72 Å². The molecule has 0 atom stereocenters. The number of carbonyl (C=O) groups excluding carboxylic acids is 1. The van der Waals surface area contributed by atoms with Gasteiger partial charge in [0.05, 0.1) is 10.6 Å². The molecule has 2 rings (SSSR count). The zero-order valence-corrected chi connectivity index (χ0v) is 16.3. The molecule has 5 nitrogen and oxygen atoms in total. The Kier molecular flexibility index (Phi) is 6.80. The van der Waals surface area contributed by atoms with E-state index in [0.717, 1.165) is 24.8 Å². The lowest BCUT2D eigenvalue weighted by molar-refractivity contribution is 0.0793. The first kappa shape index (κ1) is 20.0. The molecule has 1 amide bonds. The first-order valence-electron chi connectivity index (χ1n) is 8.85. The topological polar surface area (TPSA) is 66.5 Å². The number of unbranched alkanes of at least 4 members (excludes halogenated alkanes) is 1. The van der Waals surface area contributed by atoms with E-state index in [1.165, 1.54) is 12.1 Å². The van der Waals surface area contributed by atoms with Crippen LogP contribution in [0.5, 0.6) is 0 Å². The van der Waals surface area contributed by atoms with Crippen LogP contribution in [0.4, 0.5) is 5.69 Å². The summed E-state index contributed by atoms with van der Waals surface area (Å²) < 4.78 is 27.9. The Balaban J connectivity index is 2.17. The quantitative estimate of drug-likeness (QED) is 0.761. The summed E-state index contributed by atoms with van der Waals surface area (Å²) in [6.07, 6.45) is 2.69. The second-order valence-electron chi connectivity index (χ2n) is 6.22. The van der Waals surface area contributed by atoms with Gasteiger partial charge in [-0.25, -0.2) is 8.42 Å². The molecule has 0 saturated carbocycles. The number of hydrogen-bond donors (Lipinski definition) is 1. The molecule has 6 heteroatoms. The highest BCUT2D eigenvalue weighted by molar-refractivity contribution is 7.92. The van der Waals surface area contributed by atoms with Gasteiger partial charge < -0.3 is 4.90 Å². The molecule has 0 saturated heterocycles. The molecule has 0 aliphatic rings. The van der Waals surface area contributed by atoms with Gasteiger partial charge in [-0.05, 0) is 48.7 Å². The molecule has 26 heavy (non-hydrogen) atoms. The predicted molar refractivity (Wildman–Crippen MR) is 105 cm³/mol. The smallest absolute Gasteiger partial charge is 0.261 e. The molecule has 0 spiro atoms. The summed E-state index contributed by atoms with van der Waals surface area (Å²) in [7, 11) is -1.94. The van der Waals surface area contributed by atoms with Crippen LogP contribution in [0.3, 0.4) is 0 Å². The van der Waals surface area contributed by atoms with Crippen molar-refractivity contribution in [3.8, 4) is 0 Å². The van der Waals surface area contributed by atoms with Gasteiger partial charge in [-0.3, -0.25) is 9.52 Å². The monoisotopic (exact) mass is 374 g/mol. The van der Waals surface area contributed by atoms with Crippen molar-refractivity contribution >= 4 is 21.6 Å². The van der Waals surface area contributed by atoms with Crippen molar-refractivity contribution in [3.63, 3.8) is 0 Å². The fourth-order valence-electron chi connectivity index (χ4n) is 2.63. The van der Waals surface area contributed by atoms with Crippen LogP contribution in [0, 0.1) is 0 Å². The van der Waals surface area contributed by atoms with Gasteiger partial charge in [0.15, 0.2) is 0 Å². The number of sulfonamides is 1. The van der Waals surface area contributed by atoms with Crippen molar-refractivity contribution in [2.75, 3.05) is 18.3 Å². The number of carbonyl (C=O) groups is 1. The van der Waals surface area contributed by atoms with Crippen LogP contribution in [0.1, 0.15) is 42.6 Å². The summed E-state index contributed by atoms with van der Waals surface area (Å²) in [5.74, 6) is -0.105. The van der Waals surface area contributed by atoms with E-state index in [2.05, 4.69) is 11.6 Å². The molecule has 0 aliphatic carbocycles. The van der Waals surface area contributed by atoms with Gasteiger partial charge in [-0.15, -0.1) is 0 Å². The molecule has 0 bridgehead atoms. The third kappa shape index (κ3) is 4.85. The van der Waals surface area contributed by atoms with Crippen molar-refractivity contribution < 1.29 is 13.2 Å². The number of anilines is 1. The molecule has 2 aromatic carbocycles. The van der Waals surface area contributed by atoms with Crippen LogP contribution in [0.25, 0.3) is 0 Å². The van der Waals surface area contributed by atoms with E-state index in [4.69, 9.17) is 0 Å². The first-order chi connectivity index (χ1) is 12.4. The third-order valence-corrected chi connectivity index (χ3v) is 5.63. The maximum absolute atomic E-state index is 12.6. The molecular formula is C20H26N2O3S. The normalized spacial score (nSPS) is 11.2. The summed E-state index contributed by atoms with van der Waals surface area (Å²) in [5, 5.41) is 0. The average Bonchev–Trinajstić information content (AvgIpc) is 2.65. The van der Waals surface area contributed by atoms with Crippen LogP contribution in [-0.4, -0.2) is 32.8 Å². The number of hydrogen-bond acceptors (Lipinski definition) is 3. The zero-order chi connectivity index (χ0) is 19.2. The third-order valence-electron chi connectivity index (χ3n) is 4.25. The summed E-state index contributed by atoms with van der Waals surface area (Å²) in [5.41, 5.74) is 1.99. The average molecular weight is 375 g/mol. The first-order valence-corrected chi connectivity index (χ1v) is 10.3. The van der Waals surface area contributed by atoms with Crippen molar-refractivity contribution in [1.82, 2.24) is 4.90 Å². The fourth-order valence-corrected chi connectivity index (χ4v) is 3.73. The number of rotatable bonds is 8. The van der Waals surface area contributed by atoms with Gasteiger partial charge in [-0.1, -0.05) is 38.5 Å². The molecule has 0 aliphatic heterocycles. The van der Waals surface area contributed by atoms with Gasteiger partial charge in [0.2, 0.25) is 0 Å². The summed E-state index contributed by atoms with van der Waals surface area (Å²) >= 11 is 0. The van der Waals surface area contributed by atoms with E-state index in [1.807, 2.05) is 19.1 Å². The fraction of sp³-hybridized carbons (Fsp3) is 0.350. The van der Waals surface area contributed by atoms with Crippen LogP contribution in [0.15, 0.2) is 53.4 Å². The van der Waals surface area contributed by atoms with E-state index in [0.29, 0.717) is 17.8 Å². The largest absolute Gasteiger partial charge is 0.342 e. The Labute approximate surface area is 156 Å². The minimum absolute atomic E-state index is 0.105. The second-order valence-corrected chi connectivity index (χ2v) is 7.90. The zero-order valence-electron chi connectivity index (χ0n) is 15.5. The molecule has 140 valence electrons. The lowest BCUT2D eigenvalue weighted by Gasteiger charge is -2.17. The highest BCUT2D eigenvalue weighted by atomic mass is 32.2. The van der Waals surface area contributed by atoms with Crippen LogP contribution in [0.2, 0.25) is 0 Å². The van der Waals surface area contributed by atoms with Gasteiger partial charge in [0.25, 0.3) is 15.9 Å². The van der Waals surface area contributed by atoms with E-state index in [9.17, 15) is 13.2 Å². The number of para-hydroxylation sites is 1. The lowest BCUT2D eigenvalue weighted by Crippen LogP contribution is -2.27. The minimum atomic E-state index is -3.70. The van der Waals surface area contributed by atoms with Gasteiger partial charge in [-0.2, -0.15) is 0 Å². The molecule has 0 radical (unpaired) electrons. The Bertz CT molecular complexity index is 846. The second kappa shape index (κ2) is 8.85. The van der Waals surface area contributed by atoms with E-state index >= 15 is 0 Å². The molecule has 0 aromatic heterocycles. The summed E-state index contributed by atoms with van der Waals surface area (Å²) in [6, 6.07) is 13.4. The van der Waals surface area contributed by atoms with Crippen molar-refractivity contribution in [3.05, 3.63) is 59.7 Å². The van der Waals surface area contributed by atoms with Gasteiger partial charge in [0, 0.05) is 19.2 Å². The van der Waals surface area contributed by atoms with E-state index in [1.54, 1.807) is 36.2 Å². The Morgan fingerprint density at radius 1 is 1.04 bits per heavy atom. The molecule has 1 N–H and O–H groups in total. The van der Waals surface area contributed by atoms with Gasteiger partial charge >= 0.3 is 0 Å². The molecule has 0 heterocycles. The standard InChI is InChI=1S/C20H26N2O3S/c1-4-6-15-22(3)20(23)17-11-13-18(14-12-17)26(24,25)21-19-10-8-7-9-16(19)5-2/h7-14,21H,4-6,15H2,1-3H3. The number of aryl methyl sites for hydroxylation is 1. The lowest BCUT2D eigenvalue weighted by atomic mass is 10.1. The Morgan fingerprint density at radius 3 is 2.31 bits per heavy atom. The van der Waals surface area contributed by atoms with Gasteiger partial charge in [0.1, 0.15) is 0 Å². The van der Waals surface area contributed by atoms with E-state index < -0.39 is 10.0 Å². The number of nitrogens with one attached hydrogen (secondary N) is 1. The van der Waals surface area contributed by atoms with Crippen molar-refractivity contribution in [1.29, 1.82) is 0 Å². The summed E-state index contributed by atoms with van der Waals surface area (Å²) in [6.45, 7) is 4.73. The molecule has 2 aromatic rings. The molecular weight excluding hydrogens is 348 g/mol. The predicted octanol–water partition coefficient (Wildman–Crippen LogP) is 3.92. The SMILES string of the molecule is CCCCN(C)C(=O)c1ccc(S(=O)(=O)Nc2ccccc2CC)cc1. The summed E-state index contributed by atoms with van der Waals surface area (Å²) in [4.78, 5) is 14.1. The van der Waals surface area contributed by atoms with Crippen molar-refractivity contribution in [2.24, 2.45) is 0 Å². The number of nitrogens with zero attached hydrogens (tertiary/aromatic N) is 1. The Morgan fingerprint density at radius 2 is 1.69 bits per heavy atom. The highest BCUT2D eigenvalue weighted by Crippen LogP contribution is 2.21. The molecule has 0 unspecified atom stereocenters. The molecule has 0 fully saturated rings.